The van der Waals surface area contributed by atoms with Crippen molar-refractivity contribution < 1.29 is 4.84 Å². The fourth-order valence-electron chi connectivity index (χ4n) is 2.15. The molecule has 1 aliphatic carbocycles. The summed E-state index contributed by atoms with van der Waals surface area (Å²) >= 11 is 0. The number of nitrogens with one attached hydrogen (secondary N) is 1. The monoisotopic (exact) mass is 220 g/mol. The van der Waals surface area contributed by atoms with Crippen LogP contribution in [0.1, 0.15) is 31.2 Å². The summed E-state index contributed by atoms with van der Waals surface area (Å²) in [6.45, 7) is 0.618. The molecule has 0 heterocycles. The molecule has 2 atom stereocenters. The summed E-state index contributed by atoms with van der Waals surface area (Å²) in [5, 5.41) is 0. The van der Waals surface area contributed by atoms with Crippen molar-refractivity contribution in [2.24, 2.45) is 5.73 Å². The van der Waals surface area contributed by atoms with Crippen molar-refractivity contribution in [3.05, 3.63) is 35.9 Å². The van der Waals surface area contributed by atoms with E-state index in [4.69, 9.17) is 10.6 Å². The Labute approximate surface area is 96.9 Å². The summed E-state index contributed by atoms with van der Waals surface area (Å²) in [4.78, 5) is 5.50. The van der Waals surface area contributed by atoms with Gasteiger partial charge in [-0.2, -0.15) is 5.48 Å². The summed E-state index contributed by atoms with van der Waals surface area (Å²) in [6, 6.07) is 10.9. The molecule has 1 aliphatic rings. The van der Waals surface area contributed by atoms with Crippen LogP contribution in [0.3, 0.4) is 0 Å². The minimum absolute atomic E-state index is 0.339. The number of rotatable bonds is 4. The smallest absolute Gasteiger partial charge is 0.0933 e. The molecule has 1 aromatic rings. The molecule has 2 unspecified atom stereocenters. The van der Waals surface area contributed by atoms with Gasteiger partial charge in [-0.3, -0.25) is 4.84 Å². The minimum atomic E-state index is 0.339. The van der Waals surface area contributed by atoms with Gasteiger partial charge in [-0.1, -0.05) is 36.8 Å². The Kier molecular flexibility index (Phi) is 4.34. The van der Waals surface area contributed by atoms with E-state index >= 15 is 0 Å². The van der Waals surface area contributed by atoms with E-state index in [0.29, 0.717) is 18.7 Å². The average Bonchev–Trinajstić information content (AvgIpc) is 2.30. The number of hydrogen-bond donors (Lipinski definition) is 2. The van der Waals surface area contributed by atoms with Crippen LogP contribution in [0.5, 0.6) is 0 Å². The zero-order valence-electron chi connectivity index (χ0n) is 9.56. The molecule has 0 saturated heterocycles. The predicted octanol–water partition coefficient (Wildman–Crippen LogP) is 1.98. The van der Waals surface area contributed by atoms with Crippen molar-refractivity contribution in [1.29, 1.82) is 0 Å². The summed E-state index contributed by atoms with van der Waals surface area (Å²) in [5.74, 6) is 0. The van der Waals surface area contributed by atoms with E-state index in [1.54, 1.807) is 0 Å². The zero-order chi connectivity index (χ0) is 11.2. The number of hydrogen-bond acceptors (Lipinski definition) is 3. The van der Waals surface area contributed by atoms with Gasteiger partial charge in [0, 0.05) is 12.1 Å². The molecule has 1 saturated carbocycles. The molecule has 0 amide bonds. The van der Waals surface area contributed by atoms with Gasteiger partial charge >= 0.3 is 0 Å². The van der Waals surface area contributed by atoms with Crippen LogP contribution in [0, 0.1) is 0 Å². The molecule has 3 N–H and O–H groups in total. The van der Waals surface area contributed by atoms with Gasteiger partial charge in [-0.15, -0.1) is 0 Å². The van der Waals surface area contributed by atoms with Crippen LogP contribution in [0.2, 0.25) is 0 Å². The highest BCUT2D eigenvalue weighted by molar-refractivity contribution is 5.13. The zero-order valence-corrected chi connectivity index (χ0v) is 9.56. The van der Waals surface area contributed by atoms with Gasteiger partial charge in [-0.05, 0) is 24.8 Å². The van der Waals surface area contributed by atoms with Crippen LogP contribution >= 0.6 is 0 Å². The van der Waals surface area contributed by atoms with Crippen molar-refractivity contribution in [3.63, 3.8) is 0 Å². The van der Waals surface area contributed by atoms with E-state index in [-0.39, 0.29) is 0 Å². The van der Waals surface area contributed by atoms with Crippen LogP contribution in [-0.2, 0) is 11.4 Å². The third-order valence-corrected chi connectivity index (χ3v) is 3.05. The molecule has 0 aromatic heterocycles. The van der Waals surface area contributed by atoms with Gasteiger partial charge < -0.3 is 5.73 Å². The van der Waals surface area contributed by atoms with Crippen molar-refractivity contribution in [1.82, 2.24) is 5.48 Å². The summed E-state index contributed by atoms with van der Waals surface area (Å²) < 4.78 is 0. The van der Waals surface area contributed by atoms with Gasteiger partial charge in [0.15, 0.2) is 0 Å². The van der Waals surface area contributed by atoms with E-state index in [9.17, 15) is 0 Å². The maximum Gasteiger partial charge on any atom is 0.0933 e. The molecule has 88 valence electrons. The molecule has 16 heavy (non-hydrogen) atoms. The van der Waals surface area contributed by atoms with Crippen LogP contribution in [0.25, 0.3) is 0 Å². The highest BCUT2D eigenvalue weighted by atomic mass is 16.6. The Morgan fingerprint density at radius 2 is 2.06 bits per heavy atom. The van der Waals surface area contributed by atoms with Gasteiger partial charge in [0.25, 0.3) is 0 Å². The van der Waals surface area contributed by atoms with Crippen molar-refractivity contribution in [3.8, 4) is 0 Å². The van der Waals surface area contributed by atoms with Crippen molar-refractivity contribution in [2.75, 3.05) is 0 Å². The van der Waals surface area contributed by atoms with E-state index < -0.39 is 0 Å². The molecule has 3 heteroatoms. The second-order valence-corrected chi connectivity index (χ2v) is 4.52. The Bertz CT molecular complexity index is 302. The Morgan fingerprint density at radius 3 is 2.81 bits per heavy atom. The van der Waals surface area contributed by atoms with E-state index in [1.807, 2.05) is 18.2 Å². The van der Waals surface area contributed by atoms with Gasteiger partial charge in [0.1, 0.15) is 0 Å². The van der Waals surface area contributed by atoms with E-state index in [1.165, 1.54) is 18.4 Å². The maximum atomic E-state index is 5.91. The molecule has 3 nitrogen and oxygen atoms in total. The quantitative estimate of drug-likeness (QED) is 0.763. The molecule has 2 rings (SSSR count). The second-order valence-electron chi connectivity index (χ2n) is 4.52. The van der Waals surface area contributed by atoms with Gasteiger partial charge in [-0.25, -0.2) is 0 Å². The number of benzene rings is 1. The highest BCUT2D eigenvalue weighted by Crippen LogP contribution is 2.16. The Morgan fingerprint density at radius 1 is 1.25 bits per heavy atom. The van der Waals surface area contributed by atoms with Gasteiger partial charge in [0.2, 0.25) is 0 Å². The summed E-state index contributed by atoms with van der Waals surface area (Å²) in [6.07, 6.45) is 4.54. The maximum absolute atomic E-state index is 5.91. The molecule has 0 spiro atoms. The predicted molar refractivity (Wildman–Crippen MR) is 64.6 cm³/mol. The minimum Gasteiger partial charge on any atom is -0.328 e. The van der Waals surface area contributed by atoms with Crippen LogP contribution < -0.4 is 11.2 Å². The van der Waals surface area contributed by atoms with Crippen LogP contribution in [0.15, 0.2) is 30.3 Å². The third-order valence-electron chi connectivity index (χ3n) is 3.05. The molecular weight excluding hydrogens is 200 g/mol. The van der Waals surface area contributed by atoms with Crippen LogP contribution in [0.4, 0.5) is 0 Å². The lowest BCUT2D eigenvalue weighted by Crippen LogP contribution is -2.39. The largest absolute Gasteiger partial charge is 0.328 e. The highest BCUT2D eigenvalue weighted by Gasteiger charge is 2.18. The molecule has 0 radical (unpaired) electrons. The summed E-state index contributed by atoms with van der Waals surface area (Å²) in [7, 11) is 0. The average molecular weight is 220 g/mol. The molecule has 0 aliphatic heterocycles. The topological polar surface area (TPSA) is 47.3 Å². The number of hydroxylamine groups is 1. The molecular formula is C13H20N2O. The van der Waals surface area contributed by atoms with E-state index in [2.05, 4.69) is 17.6 Å². The fourth-order valence-corrected chi connectivity index (χ4v) is 2.15. The Hall–Kier alpha value is -0.900. The molecule has 0 bridgehead atoms. The lowest BCUT2D eigenvalue weighted by atomic mass is 9.92. The first-order valence-electron chi connectivity index (χ1n) is 6.01. The first-order valence-corrected chi connectivity index (χ1v) is 6.01. The number of nitrogens with two attached hydrogens (primary N) is 1. The standard InChI is InChI=1S/C13H20N2O/c14-12-7-4-8-13(9-12)15-16-10-11-5-2-1-3-6-11/h1-3,5-6,12-13,15H,4,7-10,14H2. The SMILES string of the molecule is NC1CCCC(NOCc2ccccc2)C1. The van der Waals surface area contributed by atoms with Crippen molar-refractivity contribution in [2.45, 2.75) is 44.4 Å². The van der Waals surface area contributed by atoms with Crippen LogP contribution in [-0.4, -0.2) is 12.1 Å². The van der Waals surface area contributed by atoms with E-state index in [0.717, 1.165) is 12.8 Å². The van der Waals surface area contributed by atoms with Crippen molar-refractivity contribution >= 4 is 0 Å². The van der Waals surface area contributed by atoms with Gasteiger partial charge in [0.05, 0.1) is 6.61 Å². The Balaban J connectivity index is 1.68. The first-order chi connectivity index (χ1) is 7.84. The normalized spacial score (nSPS) is 25.6. The fraction of sp³-hybridized carbons (Fsp3) is 0.538. The lowest BCUT2D eigenvalue weighted by molar-refractivity contribution is -0.00623. The first kappa shape index (κ1) is 11.6. The summed E-state index contributed by atoms with van der Waals surface area (Å²) in [5.41, 5.74) is 10.2. The molecule has 1 fully saturated rings. The third kappa shape index (κ3) is 3.59. The second kappa shape index (κ2) is 5.99. The molecule has 1 aromatic carbocycles. The lowest BCUT2D eigenvalue weighted by Gasteiger charge is -2.26.